The Kier molecular flexibility index (Phi) is 4.14. The van der Waals surface area contributed by atoms with Gasteiger partial charge in [0.05, 0.1) is 12.2 Å². The van der Waals surface area contributed by atoms with Crippen LogP contribution in [0.15, 0.2) is 0 Å². The number of hydrogen-bond donors (Lipinski definition) is 2. The van der Waals surface area contributed by atoms with Gasteiger partial charge in [-0.15, -0.1) is 0 Å². The molecule has 1 heterocycles. The van der Waals surface area contributed by atoms with Gasteiger partial charge in [0, 0.05) is 5.69 Å². The van der Waals surface area contributed by atoms with Gasteiger partial charge in [0.25, 0.3) is 0 Å². The minimum atomic E-state index is 0.506. The van der Waals surface area contributed by atoms with Crippen LogP contribution in [0.25, 0.3) is 0 Å². The van der Waals surface area contributed by atoms with Crippen molar-refractivity contribution in [3.05, 3.63) is 17.2 Å². The van der Waals surface area contributed by atoms with Crippen LogP contribution in [0, 0.1) is 6.92 Å². The lowest BCUT2D eigenvalue weighted by atomic mass is 10.1. The van der Waals surface area contributed by atoms with E-state index < -0.39 is 0 Å². The molecule has 0 spiro atoms. The molecule has 14 heavy (non-hydrogen) atoms. The van der Waals surface area contributed by atoms with Crippen LogP contribution < -0.4 is 5.32 Å². The fourth-order valence-corrected chi connectivity index (χ4v) is 1.57. The van der Waals surface area contributed by atoms with Crippen molar-refractivity contribution >= 4 is 0 Å². The van der Waals surface area contributed by atoms with Gasteiger partial charge in [-0.2, -0.15) is 0 Å². The first-order valence-electron chi connectivity index (χ1n) is 5.41. The molecule has 0 fully saturated rings. The SMILES string of the molecule is CCCNCc1nc(C(C)C)c(C)[nH]1. The summed E-state index contributed by atoms with van der Waals surface area (Å²) in [7, 11) is 0. The van der Waals surface area contributed by atoms with E-state index in [4.69, 9.17) is 0 Å². The number of rotatable bonds is 5. The summed E-state index contributed by atoms with van der Waals surface area (Å²) in [4.78, 5) is 7.87. The maximum absolute atomic E-state index is 4.56. The van der Waals surface area contributed by atoms with Crippen molar-refractivity contribution in [2.75, 3.05) is 6.54 Å². The molecule has 3 nitrogen and oxygen atoms in total. The molecule has 0 bridgehead atoms. The normalized spacial score (nSPS) is 11.2. The van der Waals surface area contributed by atoms with Crippen molar-refractivity contribution in [3.8, 4) is 0 Å². The first-order valence-corrected chi connectivity index (χ1v) is 5.41. The van der Waals surface area contributed by atoms with Crippen LogP contribution in [-0.4, -0.2) is 16.5 Å². The molecule has 0 amide bonds. The minimum Gasteiger partial charge on any atom is -0.345 e. The highest BCUT2D eigenvalue weighted by Crippen LogP contribution is 2.15. The topological polar surface area (TPSA) is 40.7 Å². The molecule has 1 aromatic heterocycles. The zero-order chi connectivity index (χ0) is 10.6. The molecule has 0 saturated carbocycles. The molecule has 0 saturated heterocycles. The van der Waals surface area contributed by atoms with E-state index >= 15 is 0 Å². The van der Waals surface area contributed by atoms with E-state index in [0.29, 0.717) is 5.92 Å². The second kappa shape index (κ2) is 5.15. The van der Waals surface area contributed by atoms with Crippen LogP contribution in [-0.2, 0) is 6.54 Å². The predicted molar refractivity (Wildman–Crippen MR) is 59.4 cm³/mol. The Labute approximate surface area is 86.3 Å². The lowest BCUT2D eigenvalue weighted by Crippen LogP contribution is -2.14. The monoisotopic (exact) mass is 195 g/mol. The lowest BCUT2D eigenvalue weighted by Gasteiger charge is -2.00. The van der Waals surface area contributed by atoms with E-state index in [-0.39, 0.29) is 0 Å². The van der Waals surface area contributed by atoms with E-state index in [1.54, 1.807) is 0 Å². The largest absolute Gasteiger partial charge is 0.345 e. The third-order valence-corrected chi connectivity index (χ3v) is 2.24. The van der Waals surface area contributed by atoms with Gasteiger partial charge in [0.1, 0.15) is 5.82 Å². The van der Waals surface area contributed by atoms with E-state index in [9.17, 15) is 0 Å². The number of nitrogens with zero attached hydrogens (tertiary/aromatic N) is 1. The molecule has 80 valence electrons. The number of H-pyrrole nitrogens is 1. The molecular weight excluding hydrogens is 174 g/mol. The summed E-state index contributed by atoms with van der Waals surface area (Å²) in [5, 5.41) is 3.34. The maximum Gasteiger partial charge on any atom is 0.120 e. The van der Waals surface area contributed by atoms with Crippen LogP contribution in [0.2, 0.25) is 0 Å². The van der Waals surface area contributed by atoms with E-state index in [1.165, 1.54) is 11.4 Å². The summed E-state index contributed by atoms with van der Waals surface area (Å²) >= 11 is 0. The summed E-state index contributed by atoms with van der Waals surface area (Å²) in [6, 6.07) is 0. The Hall–Kier alpha value is -0.830. The van der Waals surface area contributed by atoms with Crippen molar-refractivity contribution in [1.82, 2.24) is 15.3 Å². The third kappa shape index (κ3) is 2.84. The quantitative estimate of drug-likeness (QED) is 0.708. The van der Waals surface area contributed by atoms with Gasteiger partial charge >= 0.3 is 0 Å². The van der Waals surface area contributed by atoms with Crippen molar-refractivity contribution in [3.63, 3.8) is 0 Å². The minimum absolute atomic E-state index is 0.506. The Morgan fingerprint density at radius 1 is 1.43 bits per heavy atom. The van der Waals surface area contributed by atoms with Gasteiger partial charge in [0.15, 0.2) is 0 Å². The predicted octanol–water partition coefficient (Wildman–Crippen LogP) is 2.34. The molecule has 0 aliphatic heterocycles. The van der Waals surface area contributed by atoms with Crippen LogP contribution in [0.4, 0.5) is 0 Å². The fourth-order valence-electron chi connectivity index (χ4n) is 1.57. The molecule has 0 radical (unpaired) electrons. The van der Waals surface area contributed by atoms with Crippen LogP contribution >= 0.6 is 0 Å². The number of aromatic amines is 1. The molecule has 2 N–H and O–H groups in total. The summed E-state index contributed by atoms with van der Waals surface area (Å²) in [6.07, 6.45) is 1.16. The summed E-state index contributed by atoms with van der Waals surface area (Å²) in [5.41, 5.74) is 2.39. The number of nitrogens with one attached hydrogen (secondary N) is 2. The summed E-state index contributed by atoms with van der Waals surface area (Å²) in [5.74, 6) is 1.56. The molecule has 1 rings (SSSR count). The zero-order valence-electron chi connectivity index (χ0n) is 9.65. The van der Waals surface area contributed by atoms with Gasteiger partial charge in [-0.3, -0.25) is 0 Å². The smallest absolute Gasteiger partial charge is 0.120 e. The average Bonchev–Trinajstić information content (AvgIpc) is 2.47. The number of aromatic nitrogens is 2. The second-order valence-corrected chi connectivity index (χ2v) is 4.03. The molecule has 0 aromatic carbocycles. The molecule has 0 aliphatic rings. The van der Waals surface area contributed by atoms with Crippen molar-refractivity contribution in [2.45, 2.75) is 46.6 Å². The number of imidazole rings is 1. The highest BCUT2D eigenvalue weighted by Gasteiger charge is 2.08. The third-order valence-electron chi connectivity index (χ3n) is 2.24. The molecule has 0 unspecified atom stereocenters. The van der Waals surface area contributed by atoms with E-state index in [1.807, 2.05) is 0 Å². The van der Waals surface area contributed by atoms with E-state index in [0.717, 1.165) is 25.3 Å². The Balaban J connectivity index is 2.57. The average molecular weight is 195 g/mol. The van der Waals surface area contributed by atoms with Gasteiger partial charge in [-0.05, 0) is 25.8 Å². The maximum atomic E-state index is 4.56. The molecule has 0 aliphatic carbocycles. The number of aryl methyl sites for hydroxylation is 1. The van der Waals surface area contributed by atoms with Crippen LogP contribution in [0.5, 0.6) is 0 Å². The zero-order valence-corrected chi connectivity index (χ0v) is 9.65. The van der Waals surface area contributed by atoms with Gasteiger partial charge in [-0.25, -0.2) is 4.98 Å². The molecule has 3 heteroatoms. The van der Waals surface area contributed by atoms with Crippen molar-refractivity contribution in [1.29, 1.82) is 0 Å². The van der Waals surface area contributed by atoms with Gasteiger partial charge < -0.3 is 10.3 Å². The Bertz CT molecular complexity index is 276. The molecule has 1 aromatic rings. The highest BCUT2D eigenvalue weighted by atomic mass is 15.0. The van der Waals surface area contributed by atoms with Crippen LogP contribution in [0.3, 0.4) is 0 Å². The lowest BCUT2D eigenvalue weighted by molar-refractivity contribution is 0.652. The molecular formula is C11H21N3. The van der Waals surface area contributed by atoms with E-state index in [2.05, 4.69) is 43.0 Å². The standard InChI is InChI=1S/C11H21N3/c1-5-6-12-7-10-13-9(4)11(14-10)8(2)3/h8,12H,5-7H2,1-4H3,(H,13,14). The van der Waals surface area contributed by atoms with Crippen LogP contribution in [0.1, 0.15) is 50.3 Å². The second-order valence-electron chi connectivity index (χ2n) is 4.03. The Morgan fingerprint density at radius 2 is 2.14 bits per heavy atom. The molecule has 0 atom stereocenters. The first kappa shape index (κ1) is 11.2. The van der Waals surface area contributed by atoms with Crippen molar-refractivity contribution < 1.29 is 0 Å². The van der Waals surface area contributed by atoms with Crippen molar-refractivity contribution in [2.24, 2.45) is 0 Å². The highest BCUT2D eigenvalue weighted by molar-refractivity contribution is 5.16. The van der Waals surface area contributed by atoms with Gasteiger partial charge in [0.2, 0.25) is 0 Å². The Morgan fingerprint density at radius 3 is 2.64 bits per heavy atom. The summed E-state index contributed by atoms with van der Waals surface area (Å²) in [6.45, 7) is 10.5. The first-order chi connectivity index (χ1) is 6.65. The fraction of sp³-hybridized carbons (Fsp3) is 0.727. The number of hydrogen-bond acceptors (Lipinski definition) is 2. The van der Waals surface area contributed by atoms with Gasteiger partial charge in [-0.1, -0.05) is 20.8 Å². The summed E-state index contributed by atoms with van der Waals surface area (Å²) < 4.78 is 0.